The molecule has 3 heterocycles. The smallest absolute Gasteiger partial charge is 0.217 e. The Labute approximate surface area is 136 Å². The van der Waals surface area contributed by atoms with Crippen molar-refractivity contribution < 1.29 is 9.53 Å². The van der Waals surface area contributed by atoms with Gasteiger partial charge in [-0.2, -0.15) is 0 Å². The number of methoxy groups -OCH3 is 1. The molecule has 128 valence electrons. The summed E-state index contributed by atoms with van der Waals surface area (Å²) in [6.07, 6.45) is 5.69. The Balaban J connectivity index is 1.66. The first kappa shape index (κ1) is 16.3. The van der Waals surface area contributed by atoms with Crippen molar-refractivity contribution in [1.82, 2.24) is 30.4 Å². The minimum atomic E-state index is 0.0741. The fourth-order valence-corrected chi connectivity index (χ4v) is 3.99. The van der Waals surface area contributed by atoms with Crippen LogP contribution in [0.15, 0.2) is 0 Å². The van der Waals surface area contributed by atoms with Crippen LogP contribution in [0.25, 0.3) is 0 Å². The Morgan fingerprint density at radius 1 is 1.35 bits per heavy atom. The van der Waals surface area contributed by atoms with Crippen molar-refractivity contribution in [3.05, 3.63) is 5.82 Å². The van der Waals surface area contributed by atoms with E-state index in [1.807, 2.05) is 4.68 Å². The van der Waals surface area contributed by atoms with E-state index >= 15 is 0 Å². The van der Waals surface area contributed by atoms with Crippen molar-refractivity contribution in [1.29, 1.82) is 0 Å². The van der Waals surface area contributed by atoms with Crippen LogP contribution in [0.3, 0.4) is 0 Å². The number of nitrogens with one attached hydrogen (secondary N) is 1. The molecule has 1 aromatic heterocycles. The van der Waals surface area contributed by atoms with Gasteiger partial charge in [0, 0.05) is 32.2 Å². The molecular formula is C15H26N6O2. The van der Waals surface area contributed by atoms with Gasteiger partial charge >= 0.3 is 0 Å². The molecule has 2 saturated heterocycles. The van der Waals surface area contributed by atoms with Gasteiger partial charge in [-0.25, -0.2) is 4.68 Å². The van der Waals surface area contributed by atoms with Gasteiger partial charge in [-0.05, 0) is 36.1 Å². The number of carbonyl (C=O) groups is 1. The van der Waals surface area contributed by atoms with Gasteiger partial charge < -0.3 is 10.1 Å². The molecule has 2 fully saturated rings. The maximum absolute atomic E-state index is 11.3. The topological polar surface area (TPSA) is 85.2 Å². The summed E-state index contributed by atoms with van der Waals surface area (Å²) in [5.74, 6) is 0.974. The van der Waals surface area contributed by atoms with Gasteiger partial charge in [0.2, 0.25) is 5.91 Å². The average molecular weight is 322 g/mol. The summed E-state index contributed by atoms with van der Waals surface area (Å²) in [5.41, 5.74) is 0. The largest absolute Gasteiger partial charge is 0.383 e. The predicted molar refractivity (Wildman–Crippen MR) is 83.5 cm³/mol. The van der Waals surface area contributed by atoms with Crippen molar-refractivity contribution in [2.45, 2.75) is 70.2 Å². The number of fused-ring (bicyclic) bond motifs is 2. The molecule has 1 N–H and O–H groups in total. The highest BCUT2D eigenvalue weighted by Crippen LogP contribution is 2.34. The first-order valence-corrected chi connectivity index (χ1v) is 8.44. The predicted octanol–water partition coefficient (Wildman–Crippen LogP) is 0.341. The van der Waals surface area contributed by atoms with Crippen molar-refractivity contribution >= 4 is 5.91 Å². The van der Waals surface area contributed by atoms with Crippen LogP contribution < -0.4 is 5.32 Å². The summed E-state index contributed by atoms with van der Waals surface area (Å²) in [4.78, 5) is 13.9. The Morgan fingerprint density at radius 3 is 2.74 bits per heavy atom. The van der Waals surface area contributed by atoms with Crippen LogP contribution in [0, 0.1) is 0 Å². The second-order valence-corrected chi connectivity index (χ2v) is 6.59. The maximum atomic E-state index is 11.3. The van der Waals surface area contributed by atoms with E-state index in [1.54, 1.807) is 14.0 Å². The molecular weight excluding hydrogens is 296 g/mol. The SMILES string of the molecule is COCCn1nnnc1CN1[C@@H]2CCC[C@H]1CC(NC(C)=O)C2. The van der Waals surface area contributed by atoms with Crippen LogP contribution in [0.1, 0.15) is 44.9 Å². The summed E-state index contributed by atoms with van der Waals surface area (Å²) >= 11 is 0. The number of rotatable bonds is 6. The second kappa shape index (κ2) is 7.35. The number of amides is 1. The van der Waals surface area contributed by atoms with Crippen molar-refractivity contribution in [2.24, 2.45) is 0 Å². The highest BCUT2D eigenvalue weighted by Gasteiger charge is 2.39. The highest BCUT2D eigenvalue weighted by molar-refractivity contribution is 5.73. The van der Waals surface area contributed by atoms with E-state index in [9.17, 15) is 4.79 Å². The van der Waals surface area contributed by atoms with Crippen molar-refractivity contribution in [2.75, 3.05) is 13.7 Å². The third-order valence-electron chi connectivity index (χ3n) is 4.97. The number of hydrogen-bond donors (Lipinski definition) is 1. The first-order chi connectivity index (χ1) is 11.2. The average Bonchev–Trinajstić information content (AvgIpc) is 2.92. The zero-order valence-electron chi connectivity index (χ0n) is 13.9. The summed E-state index contributed by atoms with van der Waals surface area (Å²) < 4.78 is 6.95. The fourth-order valence-electron chi connectivity index (χ4n) is 3.99. The molecule has 8 heteroatoms. The third-order valence-corrected chi connectivity index (χ3v) is 4.97. The van der Waals surface area contributed by atoms with Crippen LogP contribution in [0.2, 0.25) is 0 Å². The lowest BCUT2D eigenvalue weighted by atomic mass is 9.81. The molecule has 1 amide bonds. The molecule has 3 atom stereocenters. The monoisotopic (exact) mass is 322 g/mol. The number of nitrogens with zero attached hydrogens (tertiary/aromatic N) is 5. The van der Waals surface area contributed by atoms with Gasteiger partial charge in [0.05, 0.1) is 19.7 Å². The summed E-state index contributed by atoms with van der Waals surface area (Å²) in [6, 6.07) is 1.32. The molecule has 0 saturated carbocycles. The Kier molecular flexibility index (Phi) is 5.22. The lowest BCUT2D eigenvalue weighted by molar-refractivity contribution is -0.120. The molecule has 0 spiro atoms. The van der Waals surface area contributed by atoms with Crippen LogP contribution in [0.4, 0.5) is 0 Å². The molecule has 23 heavy (non-hydrogen) atoms. The van der Waals surface area contributed by atoms with Gasteiger partial charge in [0.1, 0.15) is 0 Å². The Morgan fingerprint density at radius 2 is 2.09 bits per heavy atom. The number of piperidine rings is 2. The molecule has 0 aliphatic carbocycles. The van der Waals surface area contributed by atoms with Crippen LogP contribution in [-0.4, -0.2) is 62.9 Å². The molecule has 8 nitrogen and oxygen atoms in total. The van der Waals surface area contributed by atoms with E-state index in [0.717, 1.165) is 25.2 Å². The number of carbonyl (C=O) groups excluding carboxylic acids is 1. The molecule has 3 rings (SSSR count). The number of aromatic nitrogens is 4. The first-order valence-electron chi connectivity index (χ1n) is 8.44. The van der Waals surface area contributed by atoms with Gasteiger partial charge in [-0.1, -0.05) is 6.42 Å². The third kappa shape index (κ3) is 3.87. The molecule has 0 radical (unpaired) electrons. The van der Waals surface area contributed by atoms with Gasteiger partial charge in [-0.15, -0.1) is 5.10 Å². The molecule has 2 aliphatic heterocycles. The Hall–Kier alpha value is -1.54. The van der Waals surface area contributed by atoms with Crippen LogP contribution >= 0.6 is 0 Å². The van der Waals surface area contributed by atoms with Crippen molar-refractivity contribution in [3.63, 3.8) is 0 Å². The van der Waals surface area contributed by atoms with Gasteiger partial charge in [0.25, 0.3) is 0 Å². The minimum Gasteiger partial charge on any atom is -0.383 e. The molecule has 1 aromatic rings. The molecule has 1 unspecified atom stereocenters. The lowest BCUT2D eigenvalue weighted by Gasteiger charge is -2.48. The van der Waals surface area contributed by atoms with Gasteiger partial charge in [-0.3, -0.25) is 9.69 Å². The minimum absolute atomic E-state index is 0.0741. The highest BCUT2D eigenvalue weighted by atomic mass is 16.5. The van der Waals surface area contributed by atoms with E-state index in [1.165, 1.54) is 19.3 Å². The van der Waals surface area contributed by atoms with Crippen molar-refractivity contribution in [3.8, 4) is 0 Å². The fraction of sp³-hybridized carbons (Fsp3) is 0.867. The van der Waals surface area contributed by atoms with E-state index in [0.29, 0.717) is 31.3 Å². The van der Waals surface area contributed by atoms with E-state index in [4.69, 9.17) is 4.74 Å². The number of hydrogen-bond acceptors (Lipinski definition) is 6. The standard InChI is InChI=1S/C15H26N6O2/c1-11(22)16-12-8-13-4-3-5-14(9-12)20(13)10-15-17-18-19-21(15)6-7-23-2/h12-14H,3-10H2,1-2H3,(H,16,22)/t12?,13-,14+. The number of ether oxygens (including phenoxy) is 1. The quantitative estimate of drug-likeness (QED) is 0.813. The van der Waals surface area contributed by atoms with Gasteiger partial charge in [0.15, 0.2) is 5.82 Å². The van der Waals surface area contributed by atoms with E-state index in [-0.39, 0.29) is 5.91 Å². The zero-order chi connectivity index (χ0) is 16.2. The molecule has 2 aliphatic rings. The Bertz CT molecular complexity index is 520. The summed E-state index contributed by atoms with van der Waals surface area (Å²) in [7, 11) is 1.68. The summed E-state index contributed by atoms with van der Waals surface area (Å²) in [5, 5.41) is 15.2. The second-order valence-electron chi connectivity index (χ2n) is 6.59. The van der Waals surface area contributed by atoms with Crippen LogP contribution in [-0.2, 0) is 22.6 Å². The number of tetrazole rings is 1. The van der Waals surface area contributed by atoms with E-state index < -0.39 is 0 Å². The van der Waals surface area contributed by atoms with E-state index in [2.05, 4.69) is 25.7 Å². The van der Waals surface area contributed by atoms with Crippen LogP contribution in [0.5, 0.6) is 0 Å². The molecule has 2 bridgehead atoms. The maximum Gasteiger partial charge on any atom is 0.217 e. The zero-order valence-corrected chi connectivity index (χ0v) is 13.9. The molecule has 0 aromatic carbocycles. The normalized spacial score (nSPS) is 27.8. The lowest BCUT2D eigenvalue weighted by Crippen LogP contribution is -2.56. The summed E-state index contributed by atoms with van der Waals surface area (Å²) in [6.45, 7) is 3.66.